The van der Waals surface area contributed by atoms with Crippen molar-refractivity contribution in [3.8, 4) is 0 Å². The van der Waals surface area contributed by atoms with Crippen molar-refractivity contribution in [2.75, 3.05) is 6.54 Å². The van der Waals surface area contributed by atoms with E-state index in [0.29, 0.717) is 6.04 Å². The van der Waals surface area contributed by atoms with Crippen molar-refractivity contribution in [1.82, 2.24) is 5.32 Å². The number of halogens is 1. The van der Waals surface area contributed by atoms with E-state index >= 15 is 0 Å². The van der Waals surface area contributed by atoms with Gasteiger partial charge in [0.05, 0.1) is 0 Å². The summed E-state index contributed by atoms with van der Waals surface area (Å²) >= 11 is 1.29. The molecule has 3 heteroatoms. The third-order valence-electron chi connectivity index (χ3n) is 2.08. The van der Waals surface area contributed by atoms with Crippen LogP contribution in [0.25, 0.3) is 0 Å². The van der Waals surface area contributed by atoms with Gasteiger partial charge >= 0.3 is 0 Å². The number of hydrogen-bond acceptors (Lipinski definition) is 2. The molecule has 1 N–H and O–H groups in total. The molecule has 1 aliphatic rings. The van der Waals surface area contributed by atoms with Crippen LogP contribution in [-0.2, 0) is 6.42 Å². The molecule has 1 aromatic heterocycles. The fraction of sp³-hybridized carbons (Fsp3) is 0.500. The highest BCUT2D eigenvalue weighted by atomic mass is 32.1. The Morgan fingerprint density at radius 3 is 3.27 bits per heavy atom. The smallest absolute Gasteiger partial charge is 0.176 e. The Morgan fingerprint density at radius 2 is 2.55 bits per heavy atom. The van der Waals surface area contributed by atoms with Crippen LogP contribution in [0.4, 0.5) is 4.39 Å². The third kappa shape index (κ3) is 1.19. The van der Waals surface area contributed by atoms with Crippen LogP contribution in [0.3, 0.4) is 0 Å². The zero-order chi connectivity index (χ0) is 7.84. The molecule has 2 heterocycles. The highest BCUT2D eigenvalue weighted by molar-refractivity contribution is 7.10. The van der Waals surface area contributed by atoms with Crippen LogP contribution in [0.1, 0.15) is 23.4 Å². The van der Waals surface area contributed by atoms with E-state index in [2.05, 4.69) is 12.2 Å². The first-order valence-electron chi connectivity index (χ1n) is 3.79. The van der Waals surface area contributed by atoms with Crippen LogP contribution in [0.15, 0.2) is 6.07 Å². The lowest BCUT2D eigenvalue weighted by Gasteiger charge is -2.19. The summed E-state index contributed by atoms with van der Waals surface area (Å²) in [6.07, 6.45) is 0.980. The number of thiophene rings is 1. The molecule has 0 radical (unpaired) electrons. The molecule has 0 spiro atoms. The van der Waals surface area contributed by atoms with Crippen molar-refractivity contribution in [3.05, 3.63) is 21.6 Å². The second-order valence-corrected chi connectivity index (χ2v) is 3.94. The van der Waals surface area contributed by atoms with E-state index in [4.69, 9.17) is 0 Å². The highest BCUT2D eigenvalue weighted by Crippen LogP contribution is 2.29. The molecule has 0 saturated heterocycles. The van der Waals surface area contributed by atoms with E-state index in [9.17, 15) is 4.39 Å². The molecule has 0 bridgehead atoms. The van der Waals surface area contributed by atoms with Gasteiger partial charge in [-0.2, -0.15) is 4.39 Å². The maximum absolute atomic E-state index is 12.8. The second kappa shape index (κ2) is 2.57. The first-order valence-corrected chi connectivity index (χ1v) is 4.60. The normalized spacial score (nSPS) is 23.3. The summed E-state index contributed by atoms with van der Waals surface area (Å²) in [5.74, 6) is 0. The first kappa shape index (κ1) is 7.25. The molecule has 0 amide bonds. The molecule has 0 saturated carbocycles. The highest BCUT2D eigenvalue weighted by Gasteiger charge is 2.18. The molecule has 11 heavy (non-hydrogen) atoms. The van der Waals surface area contributed by atoms with Gasteiger partial charge in [0.1, 0.15) is 0 Å². The topological polar surface area (TPSA) is 12.0 Å². The van der Waals surface area contributed by atoms with Gasteiger partial charge in [0.25, 0.3) is 0 Å². The van der Waals surface area contributed by atoms with Crippen molar-refractivity contribution < 1.29 is 4.39 Å². The summed E-state index contributed by atoms with van der Waals surface area (Å²) in [5.41, 5.74) is 1.15. The molecule has 0 aromatic carbocycles. The predicted octanol–water partition coefficient (Wildman–Crippen LogP) is 2.09. The van der Waals surface area contributed by atoms with Gasteiger partial charge in [0.2, 0.25) is 0 Å². The molecular weight excluding hydrogens is 161 g/mol. The van der Waals surface area contributed by atoms with Gasteiger partial charge in [-0.3, -0.25) is 0 Å². The maximum Gasteiger partial charge on any atom is 0.176 e. The van der Waals surface area contributed by atoms with Crippen LogP contribution in [0.5, 0.6) is 0 Å². The van der Waals surface area contributed by atoms with Gasteiger partial charge in [-0.25, -0.2) is 0 Å². The minimum atomic E-state index is -0.0504. The van der Waals surface area contributed by atoms with Gasteiger partial charge in [0.15, 0.2) is 5.13 Å². The lowest BCUT2D eigenvalue weighted by Crippen LogP contribution is -2.26. The van der Waals surface area contributed by atoms with Crippen molar-refractivity contribution in [2.24, 2.45) is 0 Å². The number of fused-ring (bicyclic) bond motifs is 1. The van der Waals surface area contributed by atoms with Crippen molar-refractivity contribution in [3.63, 3.8) is 0 Å². The Hall–Kier alpha value is -0.410. The number of hydrogen-bond donors (Lipinski definition) is 1. The number of nitrogens with one attached hydrogen (secondary N) is 1. The van der Waals surface area contributed by atoms with E-state index in [1.54, 1.807) is 6.07 Å². The summed E-state index contributed by atoms with van der Waals surface area (Å²) in [4.78, 5) is 1.22. The van der Waals surface area contributed by atoms with Crippen molar-refractivity contribution >= 4 is 11.3 Å². The van der Waals surface area contributed by atoms with Gasteiger partial charge in [0, 0.05) is 17.5 Å². The van der Waals surface area contributed by atoms with Gasteiger partial charge in [-0.1, -0.05) is 0 Å². The Balaban J connectivity index is 2.43. The lowest BCUT2D eigenvalue weighted by molar-refractivity contribution is 0.545. The van der Waals surface area contributed by atoms with Crippen LogP contribution < -0.4 is 5.32 Å². The monoisotopic (exact) mass is 171 g/mol. The van der Waals surface area contributed by atoms with E-state index in [0.717, 1.165) is 18.5 Å². The Labute approximate surface area is 69.2 Å². The predicted molar refractivity (Wildman–Crippen MR) is 44.4 cm³/mol. The van der Waals surface area contributed by atoms with Gasteiger partial charge < -0.3 is 5.32 Å². The Kier molecular flexibility index (Phi) is 1.69. The van der Waals surface area contributed by atoms with E-state index in [-0.39, 0.29) is 5.13 Å². The molecule has 60 valence electrons. The molecule has 2 rings (SSSR count). The molecule has 1 atom stereocenters. The van der Waals surface area contributed by atoms with Gasteiger partial charge in [-0.15, -0.1) is 11.3 Å². The van der Waals surface area contributed by atoms with Crippen molar-refractivity contribution in [1.29, 1.82) is 0 Å². The largest absolute Gasteiger partial charge is 0.310 e. The lowest BCUT2D eigenvalue weighted by atomic mass is 10.0. The zero-order valence-electron chi connectivity index (χ0n) is 6.36. The summed E-state index contributed by atoms with van der Waals surface area (Å²) < 4.78 is 12.8. The number of rotatable bonds is 0. The molecule has 1 nitrogen and oxygen atoms in total. The average Bonchev–Trinajstić information content (AvgIpc) is 2.31. The third-order valence-corrected chi connectivity index (χ3v) is 3.08. The maximum atomic E-state index is 12.8. The summed E-state index contributed by atoms with van der Waals surface area (Å²) in [6, 6.07) is 1.98. The quantitative estimate of drug-likeness (QED) is 0.630. The minimum absolute atomic E-state index is 0.0504. The van der Waals surface area contributed by atoms with E-state index in [1.807, 2.05) is 0 Å². The van der Waals surface area contributed by atoms with Crippen molar-refractivity contribution in [2.45, 2.75) is 19.4 Å². The van der Waals surface area contributed by atoms with E-state index < -0.39 is 0 Å². The van der Waals surface area contributed by atoms with Crippen LogP contribution >= 0.6 is 11.3 Å². The Bertz CT molecular complexity index is 269. The second-order valence-electron chi connectivity index (χ2n) is 2.85. The standard InChI is InChI=1S/C8H10FNS/c1-5-6-4-8(9)11-7(6)2-3-10-5/h4-5,10H,2-3H2,1H3/t5-/m1/s1. The summed E-state index contributed by atoms with van der Waals surface area (Å²) in [7, 11) is 0. The fourth-order valence-corrected chi connectivity index (χ4v) is 2.46. The van der Waals surface area contributed by atoms with Crippen LogP contribution in [-0.4, -0.2) is 6.54 Å². The molecule has 0 unspecified atom stereocenters. The molecule has 0 aliphatic carbocycles. The summed E-state index contributed by atoms with van der Waals surface area (Å²) in [5, 5.41) is 3.24. The SMILES string of the molecule is C[C@H]1NCCc2sc(F)cc21. The fourth-order valence-electron chi connectivity index (χ4n) is 1.48. The zero-order valence-corrected chi connectivity index (χ0v) is 7.17. The first-order chi connectivity index (χ1) is 5.27. The molecule has 1 aromatic rings. The Morgan fingerprint density at radius 1 is 1.73 bits per heavy atom. The molecular formula is C8H10FNS. The van der Waals surface area contributed by atoms with Crippen LogP contribution in [0, 0.1) is 5.13 Å². The van der Waals surface area contributed by atoms with Crippen LogP contribution in [0.2, 0.25) is 0 Å². The minimum Gasteiger partial charge on any atom is -0.310 e. The molecule has 1 aliphatic heterocycles. The average molecular weight is 171 g/mol. The molecule has 0 fully saturated rings. The summed E-state index contributed by atoms with van der Waals surface area (Å²) in [6.45, 7) is 3.05. The van der Waals surface area contributed by atoms with E-state index in [1.165, 1.54) is 16.2 Å². The van der Waals surface area contributed by atoms with Gasteiger partial charge in [-0.05, 0) is 25.0 Å².